The van der Waals surface area contributed by atoms with Gasteiger partial charge < -0.3 is 23.7 Å². The molecule has 0 atom stereocenters. The number of carbonyl (C=O) groups excluding carboxylic acids is 1. The maximum atomic E-state index is 11.9. The minimum absolute atomic E-state index is 0.0765. The molecule has 2 aromatic heterocycles. The maximum absolute atomic E-state index is 11.9. The standard InChI is InChI=1S/C19H21N3O5/c1-24-15-6-5-13(12-16(15)25-2)19-21-18(27-22-19)8-7-17(23)20-10-9-14-4-3-11-26-14/h3-6,11-12H,7-10H2,1-2H3,(H,20,23). The number of carbonyl (C=O) groups is 1. The molecule has 0 saturated carbocycles. The second-order valence-corrected chi connectivity index (χ2v) is 5.76. The number of nitrogens with zero attached hydrogens (tertiary/aromatic N) is 2. The zero-order valence-corrected chi connectivity index (χ0v) is 15.2. The number of nitrogens with one attached hydrogen (secondary N) is 1. The smallest absolute Gasteiger partial charge is 0.227 e. The van der Waals surface area contributed by atoms with Crippen LogP contribution in [0.25, 0.3) is 11.4 Å². The molecule has 8 nitrogen and oxygen atoms in total. The van der Waals surface area contributed by atoms with Gasteiger partial charge in [0.2, 0.25) is 17.6 Å². The van der Waals surface area contributed by atoms with E-state index in [0.29, 0.717) is 42.6 Å². The number of aryl methyl sites for hydroxylation is 1. The highest BCUT2D eigenvalue weighted by atomic mass is 16.5. The highest BCUT2D eigenvalue weighted by Gasteiger charge is 2.13. The normalized spacial score (nSPS) is 10.6. The number of aromatic nitrogens is 2. The Morgan fingerprint density at radius 2 is 2.00 bits per heavy atom. The van der Waals surface area contributed by atoms with Crippen LogP contribution in [0.4, 0.5) is 0 Å². The third-order valence-electron chi connectivity index (χ3n) is 3.95. The summed E-state index contributed by atoms with van der Waals surface area (Å²) in [5.41, 5.74) is 0.741. The molecule has 1 aromatic carbocycles. The summed E-state index contributed by atoms with van der Waals surface area (Å²) in [6.45, 7) is 0.521. The van der Waals surface area contributed by atoms with Crippen molar-refractivity contribution in [2.75, 3.05) is 20.8 Å². The quantitative estimate of drug-likeness (QED) is 0.617. The number of amides is 1. The van der Waals surface area contributed by atoms with Crippen LogP contribution in [0.5, 0.6) is 11.5 Å². The van der Waals surface area contributed by atoms with E-state index in [4.69, 9.17) is 18.4 Å². The van der Waals surface area contributed by atoms with Crippen LogP contribution >= 0.6 is 0 Å². The molecule has 0 saturated heterocycles. The average Bonchev–Trinajstić information content (AvgIpc) is 3.38. The summed E-state index contributed by atoms with van der Waals surface area (Å²) in [5, 5.41) is 6.80. The molecule has 0 spiro atoms. The molecule has 0 aliphatic rings. The largest absolute Gasteiger partial charge is 0.493 e. The van der Waals surface area contributed by atoms with Crippen LogP contribution in [-0.4, -0.2) is 36.8 Å². The van der Waals surface area contributed by atoms with E-state index in [1.165, 1.54) is 0 Å². The number of furan rings is 1. The van der Waals surface area contributed by atoms with Gasteiger partial charge in [0.05, 0.1) is 20.5 Å². The monoisotopic (exact) mass is 371 g/mol. The first kappa shape index (κ1) is 18.5. The molecule has 0 aliphatic heterocycles. The van der Waals surface area contributed by atoms with Crippen LogP contribution in [0.15, 0.2) is 45.5 Å². The van der Waals surface area contributed by atoms with Crippen molar-refractivity contribution in [2.45, 2.75) is 19.3 Å². The Balaban J connectivity index is 1.51. The van der Waals surface area contributed by atoms with Gasteiger partial charge in [-0.2, -0.15) is 4.98 Å². The van der Waals surface area contributed by atoms with Crippen molar-refractivity contribution in [3.05, 3.63) is 48.2 Å². The van der Waals surface area contributed by atoms with Gasteiger partial charge in [-0.05, 0) is 30.3 Å². The van der Waals surface area contributed by atoms with Gasteiger partial charge in [-0.25, -0.2) is 0 Å². The van der Waals surface area contributed by atoms with E-state index in [1.54, 1.807) is 32.6 Å². The van der Waals surface area contributed by atoms with Gasteiger partial charge in [-0.15, -0.1) is 0 Å². The molecule has 8 heteroatoms. The molecule has 0 aliphatic carbocycles. The van der Waals surface area contributed by atoms with Gasteiger partial charge in [0, 0.05) is 31.4 Å². The molecule has 1 amide bonds. The summed E-state index contributed by atoms with van der Waals surface area (Å²) in [7, 11) is 3.14. The first-order chi connectivity index (χ1) is 13.2. The molecule has 2 heterocycles. The number of rotatable bonds is 9. The van der Waals surface area contributed by atoms with Crippen LogP contribution in [0.3, 0.4) is 0 Å². The van der Waals surface area contributed by atoms with E-state index in [-0.39, 0.29) is 12.3 Å². The van der Waals surface area contributed by atoms with Crippen molar-refractivity contribution < 1.29 is 23.2 Å². The number of methoxy groups -OCH3 is 2. The molecular formula is C19H21N3O5. The Morgan fingerprint density at radius 3 is 2.74 bits per heavy atom. The Kier molecular flexibility index (Phi) is 6.09. The van der Waals surface area contributed by atoms with E-state index in [1.807, 2.05) is 18.2 Å². The van der Waals surface area contributed by atoms with Gasteiger partial charge in [0.25, 0.3) is 0 Å². The fourth-order valence-corrected chi connectivity index (χ4v) is 2.54. The molecule has 0 unspecified atom stereocenters. The first-order valence-electron chi connectivity index (χ1n) is 8.53. The summed E-state index contributed by atoms with van der Waals surface area (Å²) in [5.74, 6) is 2.80. The topological polar surface area (TPSA) is 99.6 Å². The van der Waals surface area contributed by atoms with Gasteiger partial charge in [0.15, 0.2) is 11.5 Å². The summed E-state index contributed by atoms with van der Waals surface area (Å²) >= 11 is 0. The van der Waals surface area contributed by atoms with Gasteiger partial charge >= 0.3 is 0 Å². The lowest BCUT2D eigenvalue weighted by molar-refractivity contribution is -0.121. The Bertz CT molecular complexity index is 873. The molecule has 0 bridgehead atoms. The second-order valence-electron chi connectivity index (χ2n) is 5.76. The van der Waals surface area contributed by atoms with E-state index < -0.39 is 0 Å². The maximum Gasteiger partial charge on any atom is 0.227 e. The predicted octanol–water partition coefficient (Wildman–Crippen LogP) is 2.64. The zero-order valence-electron chi connectivity index (χ0n) is 15.2. The van der Waals surface area contributed by atoms with Crippen molar-refractivity contribution in [3.8, 4) is 22.9 Å². The molecular weight excluding hydrogens is 350 g/mol. The number of ether oxygens (including phenoxy) is 2. The molecule has 1 N–H and O–H groups in total. The highest BCUT2D eigenvalue weighted by molar-refractivity contribution is 5.76. The van der Waals surface area contributed by atoms with Gasteiger partial charge in [-0.3, -0.25) is 4.79 Å². The molecule has 0 radical (unpaired) electrons. The van der Waals surface area contributed by atoms with Crippen LogP contribution < -0.4 is 14.8 Å². The van der Waals surface area contributed by atoms with Crippen molar-refractivity contribution >= 4 is 5.91 Å². The number of hydrogen-bond acceptors (Lipinski definition) is 7. The lowest BCUT2D eigenvalue weighted by Crippen LogP contribution is -2.25. The van der Waals surface area contributed by atoms with Gasteiger partial charge in [-0.1, -0.05) is 5.16 Å². The molecule has 3 aromatic rings. The Hall–Kier alpha value is -3.29. The van der Waals surface area contributed by atoms with E-state index in [9.17, 15) is 4.79 Å². The van der Waals surface area contributed by atoms with Crippen LogP contribution in [0.1, 0.15) is 18.1 Å². The third kappa shape index (κ3) is 4.87. The van der Waals surface area contributed by atoms with Crippen molar-refractivity contribution in [1.29, 1.82) is 0 Å². The molecule has 3 rings (SSSR count). The fourth-order valence-electron chi connectivity index (χ4n) is 2.54. The van der Waals surface area contributed by atoms with E-state index in [0.717, 1.165) is 11.3 Å². The van der Waals surface area contributed by atoms with Crippen LogP contribution in [-0.2, 0) is 17.6 Å². The second kappa shape index (κ2) is 8.88. The molecule has 27 heavy (non-hydrogen) atoms. The average molecular weight is 371 g/mol. The minimum Gasteiger partial charge on any atom is -0.493 e. The fraction of sp³-hybridized carbons (Fsp3) is 0.316. The number of hydrogen-bond donors (Lipinski definition) is 1. The van der Waals surface area contributed by atoms with Gasteiger partial charge in [0.1, 0.15) is 5.76 Å². The summed E-state index contributed by atoms with van der Waals surface area (Å²) < 4.78 is 20.9. The molecule has 142 valence electrons. The Labute approximate surface area is 156 Å². The summed E-state index contributed by atoms with van der Waals surface area (Å²) in [4.78, 5) is 16.2. The Morgan fingerprint density at radius 1 is 1.15 bits per heavy atom. The number of benzene rings is 1. The van der Waals surface area contributed by atoms with E-state index in [2.05, 4.69) is 15.5 Å². The predicted molar refractivity (Wildman–Crippen MR) is 96.6 cm³/mol. The lowest BCUT2D eigenvalue weighted by atomic mass is 10.2. The van der Waals surface area contributed by atoms with Crippen molar-refractivity contribution in [2.24, 2.45) is 0 Å². The third-order valence-corrected chi connectivity index (χ3v) is 3.95. The van der Waals surface area contributed by atoms with Crippen molar-refractivity contribution in [1.82, 2.24) is 15.5 Å². The molecule has 0 fully saturated rings. The van der Waals surface area contributed by atoms with Crippen LogP contribution in [0.2, 0.25) is 0 Å². The van der Waals surface area contributed by atoms with Crippen LogP contribution in [0, 0.1) is 0 Å². The summed E-state index contributed by atoms with van der Waals surface area (Å²) in [6, 6.07) is 9.06. The minimum atomic E-state index is -0.0765. The highest BCUT2D eigenvalue weighted by Crippen LogP contribution is 2.31. The first-order valence-corrected chi connectivity index (χ1v) is 8.53. The lowest BCUT2D eigenvalue weighted by Gasteiger charge is -2.07. The zero-order chi connectivity index (χ0) is 19.1. The van der Waals surface area contributed by atoms with Crippen molar-refractivity contribution in [3.63, 3.8) is 0 Å². The van der Waals surface area contributed by atoms with E-state index >= 15 is 0 Å². The summed E-state index contributed by atoms with van der Waals surface area (Å²) in [6.07, 6.45) is 2.91. The SMILES string of the molecule is COc1ccc(-c2noc(CCC(=O)NCCc3ccco3)n2)cc1OC.